The Labute approximate surface area is 318 Å². The van der Waals surface area contributed by atoms with Gasteiger partial charge in [0.25, 0.3) is 0 Å². The van der Waals surface area contributed by atoms with Gasteiger partial charge in [0.05, 0.1) is 31.1 Å². The summed E-state index contributed by atoms with van der Waals surface area (Å²) < 4.78 is 17.7. The molecule has 2 atom stereocenters. The Morgan fingerprint density at radius 1 is 0.925 bits per heavy atom. The zero-order valence-electron chi connectivity index (χ0n) is 29.9. The Bertz CT molecular complexity index is 2010. The SMILES string of the molecule is COc1nc(O[C@H]2CCc3c(-c4cccc(-c5cnc(CNC[C@@H]6CCC(=O)N6)c(OC)n5)c4Cl)cccc32)c(Cl)cc1CNC1CC(NC(C)=O)C1. The van der Waals surface area contributed by atoms with Crippen LogP contribution in [0.2, 0.25) is 10.0 Å². The zero-order valence-corrected chi connectivity index (χ0v) is 31.4. The molecular weight excluding hydrogens is 717 g/mol. The normalized spacial score (nSPS) is 20.4. The maximum absolute atomic E-state index is 11.5. The number of rotatable bonds is 14. The molecule has 1 saturated heterocycles. The number of aromatic nitrogens is 3. The third-order valence-corrected chi connectivity index (χ3v) is 10.8. The average molecular weight is 761 g/mol. The molecule has 0 bridgehead atoms. The van der Waals surface area contributed by atoms with Crippen molar-refractivity contribution in [2.75, 3.05) is 20.8 Å². The maximum atomic E-state index is 11.5. The van der Waals surface area contributed by atoms with Crippen molar-refractivity contribution in [2.45, 2.75) is 82.8 Å². The topological polar surface area (TPSA) is 149 Å². The summed E-state index contributed by atoms with van der Waals surface area (Å²) in [5.41, 5.74) is 6.97. The van der Waals surface area contributed by atoms with E-state index < -0.39 is 0 Å². The molecule has 12 nitrogen and oxygen atoms in total. The van der Waals surface area contributed by atoms with E-state index in [0.717, 1.165) is 65.5 Å². The van der Waals surface area contributed by atoms with Crippen molar-refractivity contribution in [3.63, 3.8) is 0 Å². The molecule has 278 valence electrons. The van der Waals surface area contributed by atoms with E-state index in [0.29, 0.717) is 71.2 Å². The molecule has 4 N–H and O–H groups in total. The number of benzene rings is 2. The molecule has 4 aromatic rings. The smallest absolute Gasteiger partial charge is 0.237 e. The minimum absolute atomic E-state index is 0.00577. The molecule has 0 unspecified atom stereocenters. The number of carbonyl (C=O) groups is 2. The molecule has 2 amide bonds. The van der Waals surface area contributed by atoms with Gasteiger partial charge in [0.2, 0.25) is 29.5 Å². The lowest BCUT2D eigenvalue weighted by molar-refractivity contribution is -0.120. The summed E-state index contributed by atoms with van der Waals surface area (Å²) in [6, 6.07) is 14.6. The summed E-state index contributed by atoms with van der Waals surface area (Å²) in [6.45, 7) is 3.17. The van der Waals surface area contributed by atoms with Gasteiger partial charge >= 0.3 is 0 Å². The molecule has 2 aliphatic carbocycles. The van der Waals surface area contributed by atoms with Crippen molar-refractivity contribution in [3.8, 4) is 40.0 Å². The van der Waals surface area contributed by atoms with Gasteiger partial charge in [-0.2, -0.15) is 4.98 Å². The molecular formula is C39H43Cl2N7O5. The summed E-state index contributed by atoms with van der Waals surface area (Å²) in [5, 5.41) is 13.7. The number of halogens is 2. The molecule has 2 aromatic heterocycles. The largest absolute Gasteiger partial charge is 0.481 e. The van der Waals surface area contributed by atoms with Crippen molar-refractivity contribution in [3.05, 3.63) is 81.1 Å². The fraction of sp³-hybridized carbons (Fsp3) is 0.410. The predicted molar refractivity (Wildman–Crippen MR) is 202 cm³/mol. The molecule has 1 aliphatic heterocycles. The van der Waals surface area contributed by atoms with Crippen molar-refractivity contribution in [1.29, 1.82) is 0 Å². The fourth-order valence-electron chi connectivity index (χ4n) is 7.39. The van der Waals surface area contributed by atoms with Gasteiger partial charge in [0, 0.05) is 67.8 Å². The van der Waals surface area contributed by atoms with Crippen molar-refractivity contribution in [1.82, 2.24) is 36.2 Å². The standard InChI is InChI=1S/C39H43Cl2N7O5/c1-21(49)45-25-15-24(16-25)43-17-22-14-31(40)38(48-37(22)51-2)53-34-12-11-27-26(6-4-7-28(27)34)29-8-5-9-30(36(29)41)32-20-44-33(39(47-32)52-3)19-42-18-23-10-13-35(50)46-23/h4-9,14,20,23-25,34,42-43H,10-13,15-19H2,1-3H3,(H,45,49)(H,46,50)/t23-,24?,25?,34-/m0/s1. The first-order valence-electron chi connectivity index (χ1n) is 17.9. The van der Waals surface area contributed by atoms with E-state index in [1.807, 2.05) is 30.3 Å². The van der Waals surface area contributed by atoms with E-state index in [-0.39, 0.29) is 30.0 Å². The Hall–Kier alpha value is -4.49. The van der Waals surface area contributed by atoms with E-state index in [1.54, 1.807) is 27.3 Å². The third-order valence-electron chi connectivity index (χ3n) is 10.1. The predicted octanol–water partition coefficient (Wildman–Crippen LogP) is 5.72. The first kappa shape index (κ1) is 36.9. The quantitative estimate of drug-likeness (QED) is 0.126. The zero-order chi connectivity index (χ0) is 37.1. The Morgan fingerprint density at radius 2 is 1.70 bits per heavy atom. The van der Waals surface area contributed by atoms with Gasteiger partial charge in [0.1, 0.15) is 16.8 Å². The van der Waals surface area contributed by atoms with Gasteiger partial charge in [-0.15, -0.1) is 0 Å². The van der Waals surface area contributed by atoms with E-state index in [4.69, 9.17) is 42.4 Å². The number of nitrogens with zero attached hydrogens (tertiary/aromatic N) is 3. The number of ether oxygens (including phenoxy) is 3. The molecule has 0 radical (unpaired) electrons. The highest BCUT2D eigenvalue weighted by Gasteiger charge is 2.31. The van der Waals surface area contributed by atoms with Gasteiger partial charge in [-0.1, -0.05) is 59.6 Å². The molecule has 3 aliphatic rings. The van der Waals surface area contributed by atoms with Crippen LogP contribution in [0.1, 0.15) is 67.5 Å². The molecule has 0 spiro atoms. The van der Waals surface area contributed by atoms with Crippen LogP contribution in [0.5, 0.6) is 17.6 Å². The number of fused-ring (bicyclic) bond motifs is 1. The Balaban J connectivity index is 1.05. The highest BCUT2D eigenvalue weighted by molar-refractivity contribution is 6.36. The number of nitrogens with one attached hydrogen (secondary N) is 4. The maximum Gasteiger partial charge on any atom is 0.237 e. The number of hydrogen-bond acceptors (Lipinski definition) is 10. The minimum atomic E-state index is -0.257. The summed E-state index contributed by atoms with van der Waals surface area (Å²) in [4.78, 5) is 36.9. The van der Waals surface area contributed by atoms with Gasteiger partial charge in [-0.3, -0.25) is 14.6 Å². The number of hydrogen-bond donors (Lipinski definition) is 4. The number of amides is 2. The Kier molecular flexibility index (Phi) is 11.3. The third kappa shape index (κ3) is 8.21. The van der Waals surface area contributed by atoms with E-state index in [1.165, 1.54) is 0 Å². The summed E-state index contributed by atoms with van der Waals surface area (Å²) >= 11 is 13.9. The van der Waals surface area contributed by atoms with Crippen molar-refractivity contribution >= 4 is 35.0 Å². The van der Waals surface area contributed by atoms with Gasteiger partial charge in [-0.05, 0) is 54.9 Å². The van der Waals surface area contributed by atoms with Crippen LogP contribution in [-0.2, 0) is 29.1 Å². The van der Waals surface area contributed by atoms with Crippen LogP contribution in [0.25, 0.3) is 22.4 Å². The van der Waals surface area contributed by atoms with Crippen LogP contribution in [0.15, 0.2) is 48.7 Å². The number of carbonyl (C=O) groups excluding carboxylic acids is 2. The minimum Gasteiger partial charge on any atom is -0.481 e. The molecule has 14 heteroatoms. The van der Waals surface area contributed by atoms with Crippen LogP contribution in [-0.4, -0.2) is 65.7 Å². The number of pyridine rings is 1. The number of methoxy groups -OCH3 is 2. The average Bonchev–Trinajstić information content (AvgIpc) is 3.75. The first-order valence-corrected chi connectivity index (χ1v) is 18.7. The lowest BCUT2D eigenvalue weighted by atomic mass is 9.86. The lowest BCUT2D eigenvalue weighted by Crippen LogP contribution is -2.51. The van der Waals surface area contributed by atoms with Crippen LogP contribution in [0, 0.1) is 0 Å². The fourth-order valence-corrected chi connectivity index (χ4v) is 7.94. The lowest BCUT2D eigenvalue weighted by Gasteiger charge is -2.36. The molecule has 2 aromatic carbocycles. The highest BCUT2D eigenvalue weighted by Crippen LogP contribution is 2.44. The Morgan fingerprint density at radius 3 is 2.45 bits per heavy atom. The van der Waals surface area contributed by atoms with Crippen LogP contribution in [0.3, 0.4) is 0 Å². The highest BCUT2D eigenvalue weighted by atomic mass is 35.5. The summed E-state index contributed by atoms with van der Waals surface area (Å²) in [5.74, 6) is 1.27. The van der Waals surface area contributed by atoms with Gasteiger partial charge in [-0.25, -0.2) is 4.98 Å². The molecule has 7 rings (SSSR count). The molecule has 2 fully saturated rings. The van der Waals surface area contributed by atoms with Crippen LogP contribution < -0.4 is 35.5 Å². The van der Waals surface area contributed by atoms with Gasteiger partial charge < -0.3 is 35.5 Å². The van der Waals surface area contributed by atoms with Crippen LogP contribution in [0.4, 0.5) is 0 Å². The summed E-state index contributed by atoms with van der Waals surface area (Å²) in [7, 11) is 3.16. The van der Waals surface area contributed by atoms with Gasteiger partial charge in [0.15, 0.2) is 0 Å². The van der Waals surface area contributed by atoms with E-state index >= 15 is 0 Å². The second-order valence-corrected chi connectivity index (χ2v) is 14.5. The summed E-state index contributed by atoms with van der Waals surface area (Å²) in [6.07, 6.45) is 6.12. The van der Waals surface area contributed by atoms with E-state index in [9.17, 15) is 9.59 Å². The second-order valence-electron chi connectivity index (χ2n) is 13.7. The molecule has 3 heterocycles. The first-order chi connectivity index (χ1) is 25.7. The van der Waals surface area contributed by atoms with Crippen LogP contribution >= 0.6 is 23.2 Å². The molecule has 1 saturated carbocycles. The van der Waals surface area contributed by atoms with Crippen molar-refractivity contribution < 1.29 is 23.8 Å². The van der Waals surface area contributed by atoms with Crippen molar-refractivity contribution in [2.24, 2.45) is 0 Å². The van der Waals surface area contributed by atoms with E-state index in [2.05, 4.69) is 43.4 Å². The monoisotopic (exact) mass is 759 g/mol. The molecule has 53 heavy (non-hydrogen) atoms. The second kappa shape index (κ2) is 16.3.